The third kappa shape index (κ3) is 7.57. The second-order valence-electron chi connectivity index (χ2n) is 12.4. The van der Waals surface area contributed by atoms with E-state index in [1.165, 1.54) is 31.4 Å². The Labute approximate surface area is 260 Å². The van der Waals surface area contributed by atoms with Crippen LogP contribution < -0.4 is 10.1 Å². The maximum atomic E-state index is 14.1. The van der Waals surface area contributed by atoms with E-state index in [0.717, 1.165) is 22.9 Å². The lowest BCUT2D eigenvalue weighted by Crippen LogP contribution is -2.51. The maximum Gasteiger partial charge on any atom is 0.407 e. The molecule has 2 heterocycles. The SMILES string of the molecule is COc1ccc(S(=O)(=O)N(CC(C)C)C[C@@H](O)[C@H](Cc2cc(F)c(F)c(F)c2)NC(=O)OCC2CC3CC4C(OCC24)O3)cc1. The van der Waals surface area contributed by atoms with Crippen LogP contribution in [0, 0.1) is 41.1 Å². The van der Waals surface area contributed by atoms with Crippen molar-refractivity contribution in [1.29, 1.82) is 0 Å². The highest BCUT2D eigenvalue weighted by molar-refractivity contribution is 7.89. The fourth-order valence-corrected chi connectivity index (χ4v) is 8.14. The van der Waals surface area contributed by atoms with Crippen LogP contribution in [0.15, 0.2) is 41.3 Å². The van der Waals surface area contributed by atoms with Gasteiger partial charge in [-0.15, -0.1) is 0 Å². The lowest BCUT2D eigenvalue weighted by molar-refractivity contribution is -0.126. The first-order valence-electron chi connectivity index (χ1n) is 15.0. The molecule has 5 rings (SSSR count). The first-order chi connectivity index (χ1) is 21.3. The number of benzene rings is 2. The summed E-state index contributed by atoms with van der Waals surface area (Å²) in [6.45, 7) is 3.75. The van der Waals surface area contributed by atoms with Gasteiger partial charge in [-0.3, -0.25) is 0 Å². The van der Waals surface area contributed by atoms with Crippen LogP contribution in [0.4, 0.5) is 18.0 Å². The molecule has 248 valence electrons. The molecule has 7 atom stereocenters. The largest absolute Gasteiger partial charge is 0.497 e. The number of rotatable bonds is 13. The Kier molecular flexibility index (Phi) is 10.3. The van der Waals surface area contributed by atoms with Crippen LogP contribution in [0.1, 0.15) is 32.3 Å². The summed E-state index contributed by atoms with van der Waals surface area (Å²) in [6, 6.07) is 6.02. The van der Waals surface area contributed by atoms with Gasteiger partial charge in [-0.2, -0.15) is 4.31 Å². The van der Waals surface area contributed by atoms with Gasteiger partial charge in [0.15, 0.2) is 23.7 Å². The van der Waals surface area contributed by atoms with Crippen molar-refractivity contribution in [3.05, 3.63) is 59.4 Å². The van der Waals surface area contributed by atoms with E-state index in [4.69, 9.17) is 18.9 Å². The molecule has 2 bridgehead atoms. The summed E-state index contributed by atoms with van der Waals surface area (Å²) in [7, 11) is -2.67. The van der Waals surface area contributed by atoms with Gasteiger partial charge in [0.1, 0.15) is 5.75 Å². The molecule has 0 spiro atoms. The standard InChI is InChI=1S/C31H39F3N2O8S/c1-17(2)13-36(45(39,40)22-6-4-20(41-3)5-7-22)14-28(37)27(10-18-8-25(32)29(34)26(33)9-18)35-31(38)43-15-19-11-21-12-23-24(19)16-42-30(23)44-21/h4-9,17,19,21,23-24,27-28,30,37H,10-16H2,1-3H3,(H,35,38)/t19?,21?,23?,24?,27-,28+,30?/m0/s1. The normalized spacial score (nSPS) is 25.4. The molecule has 2 saturated heterocycles. The number of carbonyl (C=O) groups excluding carboxylic acids is 1. The average molecular weight is 657 g/mol. The van der Waals surface area contributed by atoms with E-state index in [1.54, 1.807) is 13.8 Å². The number of amides is 1. The minimum Gasteiger partial charge on any atom is -0.497 e. The second kappa shape index (κ2) is 13.8. The fourth-order valence-electron chi connectivity index (χ4n) is 6.52. The van der Waals surface area contributed by atoms with Crippen LogP contribution in [0.25, 0.3) is 0 Å². The first kappa shape index (κ1) is 33.5. The van der Waals surface area contributed by atoms with Crippen molar-refractivity contribution in [1.82, 2.24) is 9.62 Å². The van der Waals surface area contributed by atoms with Gasteiger partial charge in [0, 0.05) is 24.9 Å². The monoisotopic (exact) mass is 656 g/mol. The van der Waals surface area contributed by atoms with Gasteiger partial charge in [-0.1, -0.05) is 13.8 Å². The number of aliphatic hydroxyl groups excluding tert-OH is 1. The number of ether oxygens (including phenoxy) is 4. The van der Waals surface area contributed by atoms with E-state index in [9.17, 15) is 31.5 Å². The van der Waals surface area contributed by atoms with Crippen LogP contribution in [0.2, 0.25) is 0 Å². The third-order valence-electron chi connectivity index (χ3n) is 8.74. The molecule has 1 aliphatic carbocycles. The molecule has 10 nitrogen and oxygen atoms in total. The first-order valence-corrected chi connectivity index (χ1v) is 16.5. The number of hydrogen-bond donors (Lipinski definition) is 2. The van der Waals surface area contributed by atoms with E-state index in [-0.39, 0.29) is 66.1 Å². The molecule has 1 saturated carbocycles. The highest BCUT2D eigenvalue weighted by atomic mass is 32.2. The van der Waals surface area contributed by atoms with Crippen molar-refractivity contribution >= 4 is 16.1 Å². The maximum absolute atomic E-state index is 14.1. The molecule has 3 fully saturated rings. The van der Waals surface area contributed by atoms with E-state index >= 15 is 0 Å². The molecule has 0 radical (unpaired) electrons. The van der Waals surface area contributed by atoms with Gasteiger partial charge in [0.2, 0.25) is 10.0 Å². The minimum atomic E-state index is -4.12. The predicted octanol–water partition coefficient (Wildman–Crippen LogP) is 3.86. The molecule has 1 amide bonds. The smallest absolute Gasteiger partial charge is 0.407 e. The molecule has 2 aromatic carbocycles. The van der Waals surface area contributed by atoms with Crippen molar-refractivity contribution in [3.63, 3.8) is 0 Å². The second-order valence-corrected chi connectivity index (χ2v) is 14.3. The summed E-state index contributed by atoms with van der Waals surface area (Å²) in [4.78, 5) is 13.0. The molecular weight excluding hydrogens is 617 g/mol. The molecule has 2 N–H and O–H groups in total. The Balaban J connectivity index is 1.33. The number of halogens is 3. The van der Waals surface area contributed by atoms with E-state index in [2.05, 4.69) is 5.32 Å². The van der Waals surface area contributed by atoms with Crippen LogP contribution in [0.5, 0.6) is 5.75 Å². The van der Waals surface area contributed by atoms with Gasteiger partial charge in [-0.25, -0.2) is 26.4 Å². The zero-order chi connectivity index (χ0) is 32.5. The summed E-state index contributed by atoms with van der Waals surface area (Å²) in [6.07, 6.45) is -1.37. The molecular formula is C31H39F3N2O8S. The quantitative estimate of drug-likeness (QED) is 0.312. The van der Waals surface area contributed by atoms with Crippen molar-refractivity contribution in [2.24, 2.45) is 23.7 Å². The summed E-state index contributed by atoms with van der Waals surface area (Å²) in [5, 5.41) is 13.9. The highest BCUT2D eigenvalue weighted by Gasteiger charge is 2.53. The van der Waals surface area contributed by atoms with Crippen molar-refractivity contribution < 1.29 is 50.4 Å². The molecule has 2 aliphatic heterocycles. The Morgan fingerprint density at radius 2 is 1.78 bits per heavy atom. The van der Waals surface area contributed by atoms with Gasteiger partial charge in [0.05, 0.1) is 43.5 Å². The van der Waals surface area contributed by atoms with Crippen LogP contribution in [0.3, 0.4) is 0 Å². The lowest BCUT2D eigenvalue weighted by Gasteiger charge is -2.32. The number of carbonyl (C=O) groups is 1. The highest BCUT2D eigenvalue weighted by Crippen LogP contribution is 2.49. The molecule has 2 aromatic rings. The van der Waals surface area contributed by atoms with Gasteiger partial charge >= 0.3 is 6.09 Å². The van der Waals surface area contributed by atoms with E-state index in [1.807, 2.05) is 0 Å². The summed E-state index contributed by atoms with van der Waals surface area (Å²) in [5.74, 6) is -3.77. The zero-order valence-electron chi connectivity index (χ0n) is 25.3. The molecule has 14 heteroatoms. The molecule has 3 aliphatic rings. The number of methoxy groups -OCH3 is 1. The fraction of sp³-hybridized carbons (Fsp3) is 0.581. The number of hydrogen-bond acceptors (Lipinski definition) is 8. The summed E-state index contributed by atoms with van der Waals surface area (Å²) in [5.41, 5.74) is -0.0562. The number of aliphatic hydroxyl groups is 1. The van der Waals surface area contributed by atoms with Crippen LogP contribution >= 0.6 is 0 Å². The number of nitrogens with one attached hydrogen (secondary N) is 1. The lowest BCUT2D eigenvalue weighted by atomic mass is 9.74. The summed E-state index contributed by atoms with van der Waals surface area (Å²) >= 11 is 0. The number of sulfonamides is 1. The molecule has 5 unspecified atom stereocenters. The Hall–Kier alpha value is -2.91. The topological polar surface area (TPSA) is 124 Å². The Bertz CT molecular complexity index is 1440. The van der Waals surface area contributed by atoms with Crippen molar-refractivity contribution in [3.8, 4) is 5.75 Å². The van der Waals surface area contributed by atoms with Crippen molar-refractivity contribution in [2.45, 2.75) is 62.5 Å². The van der Waals surface area contributed by atoms with E-state index < -0.39 is 52.3 Å². The van der Waals surface area contributed by atoms with Crippen LogP contribution in [-0.2, 0) is 30.7 Å². The molecule has 45 heavy (non-hydrogen) atoms. The van der Waals surface area contributed by atoms with Gasteiger partial charge < -0.3 is 29.4 Å². The van der Waals surface area contributed by atoms with E-state index in [0.29, 0.717) is 18.8 Å². The number of nitrogens with zero attached hydrogens (tertiary/aromatic N) is 1. The Morgan fingerprint density at radius 1 is 1.09 bits per heavy atom. The third-order valence-corrected chi connectivity index (χ3v) is 10.6. The van der Waals surface area contributed by atoms with Gasteiger partial charge in [0.25, 0.3) is 0 Å². The predicted molar refractivity (Wildman–Crippen MR) is 155 cm³/mol. The van der Waals surface area contributed by atoms with Crippen molar-refractivity contribution in [2.75, 3.05) is 33.4 Å². The number of alkyl carbamates (subject to hydrolysis) is 1. The average Bonchev–Trinajstić information content (AvgIpc) is 3.54. The zero-order valence-corrected chi connectivity index (χ0v) is 26.1. The Morgan fingerprint density at radius 3 is 2.42 bits per heavy atom. The minimum absolute atomic E-state index is 0.00633. The van der Waals surface area contributed by atoms with Crippen LogP contribution in [-0.4, -0.2) is 81.9 Å². The molecule has 0 aromatic heterocycles. The van der Waals surface area contributed by atoms with Gasteiger partial charge in [-0.05, 0) is 73.1 Å². The summed E-state index contributed by atoms with van der Waals surface area (Å²) < 4.78 is 92.4. The number of fused-ring (bicyclic) bond motifs is 1.